The number of unbranched alkanes of at least 4 members (excludes halogenated alkanes) is 13. The van der Waals surface area contributed by atoms with E-state index in [4.69, 9.17) is 18.9 Å². The van der Waals surface area contributed by atoms with Gasteiger partial charge in [-0.3, -0.25) is 4.79 Å². The molecule has 0 saturated carbocycles. The molecule has 0 aromatic heterocycles. The number of rotatable bonds is 25. The van der Waals surface area contributed by atoms with E-state index < -0.39 is 0 Å². The van der Waals surface area contributed by atoms with E-state index in [0.717, 1.165) is 32.1 Å². The molecule has 1 aliphatic rings. The van der Waals surface area contributed by atoms with Gasteiger partial charge in [0.05, 0.1) is 25.3 Å². The Labute approximate surface area is 228 Å². The van der Waals surface area contributed by atoms with Crippen LogP contribution in [0.2, 0.25) is 0 Å². The van der Waals surface area contributed by atoms with E-state index in [9.17, 15) is 9.90 Å². The van der Waals surface area contributed by atoms with Crippen molar-refractivity contribution in [3.8, 4) is 0 Å². The van der Waals surface area contributed by atoms with Crippen LogP contribution in [0.1, 0.15) is 116 Å². The number of aliphatic hydroxyl groups excluding tert-OH is 1. The average Bonchev–Trinajstić information content (AvgIpc) is 3.19. The lowest BCUT2D eigenvalue weighted by Crippen LogP contribution is -2.39. The number of aliphatic hydroxyl groups is 1. The van der Waals surface area contributed by atoms with Gasteiger partial charge in [0.15, 0.2) is 0 Å². The Hall–Kier alpha value is -0.665. The molecule has 7 nitrogen and oxygen atoms in total. The van der Waals surface area contributed by atoms with Crippen LogP contribution in [0.25, 0.3) is 0 Å². The number of ether oxygens (including phenoxy) is 4. The number of methoxy groups -OCH3 is 2. The molecule has 1 rings (SSSR count). The van der Waals surface area contributed by atoms with E-state index in [1.54, 1.807) is 14.2 Å². The Bertz CT molecular complexity index is 541. The molecule has 0 bridgehead atoms. The Kier molecular flexibility index (Phi) is 21.6. The first-order chi connectivity index (χ1) is 18.1. The van der Waals surface area contributed by atoms with Crippen LogP contribution in [0.4, 0.5) is 0 Å². The number of carbonyl (C=O) groups is 1. The van der Waals surface area contributed by atoms with Crippen LogP contribution in [0.5, 0.6) is 0 Å². The molecule has 0 aromatic rings. The SMILES string of the molecule is B[C@@H]1O[C@H](COC)C(OC)[C@@H]1OCCCCC(CO)NC(=O)CCCCCCCCCCCCCCC. The van der Waals surface area contributed by atoms with Crippen LogP contribution in [0.3, 0.4) is 0 Å². The van der Waals surface area contributed by atoms with Gasteiger partial charge in [-0.25, -0.2) is 0 Å². The Morgan fingerprint density at radius 3 is 2.03 bits per heavy atom. The molecule has 0 radical (unpaired) electrons. The molecule has 1 fully saturated rings. The maximum Gasteiger partial charge on any atom is 0.220 e. The standard InChI is InChI=1S/C29H58BNO6/c1-4-5-6-7-8-9-10-11-12-13-14-15-16-20-26(33)31-24(22-32)19-17-18-21-36-28-27(35-3)25(23-34-2)37-29(28)30/h24-25,27-29,32H,4-23,30H2,1-3H3,(H,31,33)/t24?,25-,27?,28+,29-/m1/s1. The minimum atomic E-state index is -0.180. The van der Waals surface area contributed by atoms with Gasteiger partial charge in [-0.15, -0.1) is 0 Å². The summed E-state index contributed by atoms with van der Waals surface area (Å²) in [5.74, 6) is 0.0578. The van der Waals surface area contributed by atoms with Crippen LogP contribution >= 0.6 is 0 Å². The lowest BCUT2D eigenvalue weighted by Gasteiger charge is -2.22. The first-order valence-electron chi connectivity index (χ1n) is 15.3. The fourth-order valence-corrected chi connectivity index (χ4v) is 5.25. The lowest BCUT2D eigenvalue weighted by atomic mass is 9.92. The number of nitrogens with one attached hydrogen (secondary N) is 1. The van der Waals surface area contributed by atoms with Gasteiger partial charge in [-0.2, -0.15) is 0 Å². The van der Waals surface area contributed by atoms with E-state index in [0.29, 0.717) is 19.6 Å². The number of carbonyl (C=O) groups excluding carboxylic acids is 1. The van der Waals surface area contributed by atoms with E-state index in [1.807, 2.05) is 7.85 Å². The highest BCUT2D eigenvalue weighted by atomic mass is 16.6. The molecule has 8 heteroatoms. The average molecular weight is 528 g/mol. The third-order valence-corrected chi connectivity index (χ3v) is 7.50. The fraction of sp³-hybridized carbons (Fsp3) is 0.966. The van der Waals surface area contributed by atoms with E-state index in [1.165, 1.54) is 70.6 Å². The predicted molar refractivity (Wildman–Crippen MR) is 153 cm³/mol. The van der Waals surface area contributed by atoms with Crippen LogP contribution in [0, 0.1) is 0 Å². The predicted octanol–water partition coefficient (Wildman–Crippen LogP) is 4.52. The Balaban J connectivity index is 2.01. The van der Waals surface area contributed by atoms with Crippen LogP contribution in [0.15, 0.2) is 0 Å². The normalized spacial score (nSPS) is 22.4. The minimum absolute atomic E-state index is 0.0247. The van der Waals surface area contributed by atoms with Crippen molar-refractivity contribution in [1.29, 1.82) is 0 Å². The highest BCUT2D eigenvalue weighted by molar-refractivity contribution is 6.11. The molecule has 1 heterocycles. The molecule has 1 amide bonds. The summed E-state index contributed by atoms with van der Waals surface area (Å²) in [7, 11) is 5.34. The summed E-state index contributed by atoms with van der Waals surface area (Å²) in [6, 6.07) is -0.222. The maximum atomic E-state index is 12.3. The fourth-order valence-electron chi connectivity index (χ4n) is 5.25. The van der Waals surface area contributed by atoms with Gasteiger partial charge < -0.3 is 29.4 Å². The van der Waals surface area contributed by atoms with Gasteiger partial charge in [0, 0.05) is 27.2 Å². The molecule has 1 aliphatic heterocycles. The Morgan fingerprint density at radius 2 is 1.49 bits per heavy atom. The van der Waals surface area contributed by atoms with Crippen molar-refractivity contribution < 1.29 is 28.8 Å². The van der Waals surface area contributed by atoms with Gasteiger partial charge in [-0.05, 0) is 25.7 Å². The molecule has 218 valence electrons. The molecule has 37 heavy (non-hydrogen) atoms. The van der Waals surface area contributed by atoms with E-state index >= 15 is 0 Å². The summed E-state index contributed by atoms with van der Waals surface area (Å²) >= 11 is 0. The molecule has 0 spiro atoms. The van der Waals surface area contributed by atoms with Crippen molar-refractivity contribution in [1.82, 2.24) is 5.32 Å². The van der Waals surface area contributed by atoms with Gasteiger partial charge >= 0.3 is 0 Å². The van der Waals surface area contributed by atoms with E-state index in [-0.39, 0.29) is 42.9 Å². The second-order valence-electron chi connectivity index (χ2n) is 10.8. The Morgan fingerprint density at radius 1 is 0.892 bits per heavy atom. The lowest BCUT2D eigenvalue weighted by molar-refractivity contribution is -0.122. The van der Waals surface area contributed by atoms with E-state index in [2.05, 4.69) is 12.2 Å². The summed E-state index contributed by atoms with van der Waals surface area (Å²) in [5, 5.41) is 12.7. The zero-order valence-electron chi connectivity index (χ0n) is 24.5. The molecule has 0 aromatic carbocycles. The maximum absolute atomic E-state index is 12.3. The first-order valence-corrected chi connectivity index (χ1v) is 15.3. The van der Waals surface area contributed by atoms with Crippen LogP contribution in [-0.4, -0.2) is 83.3 Å². The number of amides is 1. The first kappa shape index (κ1) is 34.4. The van der Waals surface area contributed by atoms with Crippen molar-refractivity contribution in [2.75, 3.05) is 34.0 Å². The molecule has 5 atom stereocenters. The molecular formula is C29H58BNO6. The topological polar surface area (TPSA) is 86.2 Å². The van der Waals surface area contributed by atoms with Crippen LogP contribution < -0.4 is 5.32 Å². The van der Waals surface area contributed by atoms with Crippen molar-refractivity contribution in [3.63, 3.8) is 0 Å². The van der Waals surface area contributed by atoms with Crippen molar-refractivity contribution in [2.24, 2.45) is 0 Å². The second kappa shape index (κ2) is 23.2. The van der Waals surface area contributed by atoms with Crippen molar-refractivity contribution in [2.45, 2.75) is 146 Å². The van der Waals surface area contributed by atoms with Crippen molar-refractivity contribution in [3.05, 3.63) is 0 Å². The number of hydrogen-bond acceptors (Lipinski definition) is 6. The third kappa shape index (κ3) is 16.1. The molecule has 0 aliphatic carbocycles. The zero-order chi connectivity index (χ0) is 27.1. The smallest absolute Gasteiger partial charge is 0.220 e. The summed E-state index contributed by atoms with van der Waals surface area (Å²) in [6.07, 6.45) is 19.6. The summed E-state index contributed by atoms with van der Waals surface area (Å²) in [6.45, 7) is 3.33. The molecule has 2 unspecified atom stereocenters. The van der Waals surface area contributed by atoms with Gasteiger partial charge in [0.1, 0.15) is 26.2 Å². The molecule has 1 saturated heterocycles. The zero-order valence-corrected chi connectivity index (χ0v) is 24.5. The van der Waals surface area contributed by atoms with Crippen LogP contribution in [-0.2, 0) is 23.7 Å². The number of hydrogen-bond donors (Lipinski definition) is 2. The van der Waals surface area contributed by atoms with Gasteiger partial charge in [0.25, 0.3) is 0 Å². The largest absolute Gasteiger partial charge is 0.394 e. The highest BCUT2D eigenvalue weighted by Crippen LogP contribution is 2.25. The third-order valence-electron chi connectivity index (χ3n) is 7.50. The quantitative estimate of drug-likeness (QED) is 0.134. The summed E-state index contributed by atoms with van der Waals surface area (Å²) < 4.78 is 22.8. The minimum Gasteiger partial charge on any atom is -0.394 e. The summed E-state index contributed by atoms with van der Waals surface area (Å²) in [5.41, 5.74) is 0. The van der Waals surface area contributed by atoms with Gasteiger partial charge in [-0.1, -0.05) is 84.0 Å². The second-order valence-corrected chi connectivity index (χ2v) is 10.8. The molecule has 2 N–H and O–H groups in total. The molecular weight excluding hydrogens is 469 g/mol. The van der Waals surface area contributed by atoms with Crippen molar-refractivity contribution >= 4 is 13.8 Å². The monoisotopic (exact) mass is 527 g/mol. The summed E-state index contributed by atoms with van der Waals surface area (Å²) in [4.78, 5) is 12.3. The van der Waals surface area contributed by atoms with Gasteiger partial charge in [0.2, 0.25) is 5.91 Å². The highest BCUT2D eigenvalue weighted by Gasteiger charge is 2.43.